The second-order valence-electron chi connectivity index (χ2n) is 7.01. The third kappa shape index (κ3) is 7.32. The summed E-state index contributed by atoms with van der Waals surface area (Å²) in [5.74, 6) is -0.0334. The molecule has 1 fully saturated rings. The van der Waals surface area contributed by atoms with Gasteiger partial charge in [-0.05, 0) is 12.5 Å². The lowest BCUT2D eigenvalue weighted by Crippen LogP contribution is -2.33. The van der Waals surface area contributed by atoms with Crippen LogP contribution in [-0.4, -0.2) is 45.8 Å². The molecule has 1 saturated heterocycles. The van der Waals surface area contributed by atoms with Gasteiger partial charge < -0.3 is 18.7 Å². The third-order valence-corrected chi connectivity index (χ3v) is 6.40. The Kier molecular flexibility index (Phi) is 9.07. The Bertz CT molecular complexity index is 1000. The summed E-state index contributed by atoms with van der Waals surface area (Å²) >= 11 is 0.960. The Morgan fingerprint density at radius 2 is 2.23 bits per heavy atom. The second kappa shape index (κ2) is 11.1. The molecule has 0 bridgehead atoms. The molecule has 2 heterocycles. The highest BCUT2D eigenvalue weighted by Gasteiger charge is 2.37. The molecule has 0 spiro atoms. The minimum atomic E-state index is -4.70. The number of carbonyl (C=O) groups is 1. The minimum Gasteiger partial charge on any atom is -0.756 e. The van der Waals surface area contributed by atoms with Crippen molar-refractivity contribution in [3.63, 3.8) is 0 Å². The van der Waals surface area contributed by atoms with Crippen LogP contribution in [0.2, 0.25) is 0 Å². The molecule has 1 aliphatic rings. The largest absolute Gasteiger partial charge is 0.756 e. The lowest BCUT2D eigenvalue weighted by Gasteiger charge is -2.25. The Morgan fingerprint density at radius 1 is 1.52 bits per heavy atom. The van der Waals surface area contributed by atoms with Gasteiger partial charge in [0.15, 0.2) is 5.12 Å². The van der Waals surface area contributed by atoms with Gasteiger partial charge in [0.25, 0.3) is 13.4 Å². The van der Waals surface area contributed by atoms with E-state index in [1.54, 1.807) is 13.8 Å². The van der Waals surface area contributed by atoms with Crippen molar-refractivity contribution < 1.29 is 28.0 Å². The number of aromatic amines is 1. The summed E-state index contributed by atoms with van der Waals surface area (Å²) in [5.41, 5.74) is 7.79. The average Bonchev–Trinajstić information content (AvgIpc) is 3.09. The lowest BCUT2D eigenvalue weighted by molar-refractivity contribution is -0.227. The van der Waals surface area contributed by atoms with E-state index in [0.717, 1.165) is 16.3 Å². The maximum atomic E-state index is 12.1. The van der Waals surface area contributed by atoms with E-state index in [1.165, 1.54) is 13.1 Å². The predicted molar refractivity (Wildman–Crippen MR) is 109 cm³/mol. The monoisotopic (exact) mass is 476 g/mol. The van der Waals surface area contributed by atoms with Gasteiger partial charge in [-0.2, -0.15) is 0 Å². The van der Waals surface area contributed by atoms with Crippen molar-refractivity contribution in [2.45, 2.75) is 45.6 Å². The molecule has 0 amide bonds. The van der Waals surface area contributed by atoms with Crippen LogP contribution < -0.4 is 16.1 Å². The van der Waals surface area contributed by atoms with Crippen LogP contribution in [-0.2, 0) is 23.1 Å². The number of phosphoric acid groups is 1. The number of nitrogens with zero attached hydrogens (tertiary/aromatic N) is 4. The number of aromatic nitrogens is 2. The van der Waals surface area contributed by atoms with Crippen LogP contribution in [0.15, 0.2) is 20.9 Å². The number of hydrogen-bond acceptors (Lipinski definition) is 10. The number of azide groups is 1. The molecule has 0 aliphatic carbocycles. The van der Waals surface area contributed by atoms with Crippen LogP contribution in [0.1, 0.15) is 32.1 Å². The van der Waals surface area contributed by atoms with Crippen molar-refractivity contribution in [2.24, 2.45) is 11.0 Å². The second-order valence-corrected chi connectivity index (χ2v) is 9.52. The van der Waals surface area contributed by atoms with Gasteiger partial charge in [0.2, 0.25) is 0 Å². The Hall–Kier alpha value is -1.92. The maximum Gasteiger partial charge on any atom is 0.330 e. The van der Waals surface area contributed by atoms with Crippen molar-refractivity contribution >= 4 is 24.7 Å². The smallest absolute Gasteiger partial charge is 0.330 e. The Morgan fingerprint density at radius 3 is 2.87 bits per heavy atom. The summed E-state index contributed by atoms with van der Waals surface area (Å²) in [6.45, 7) is 4.22. The topological polar surface area (TPSA) is 189 Å². The van der Waals surface area contributed by atoms with Gasteiger partial charge in [0, 0.05) is 34.8 Å². The SMILES string of the molecule is Cc1cn(C2CC(N=[N+]=[N-])C(COP(=O)([O-])OCCSC(=O)C(C)C)O2)c(=O)[nH]c1=O. The van der Waals surface area contributed by atoms with E-state index >= 15 is 0 Å². The van der Waals surface area contributed by atoms with Crippen molar-refractivity contribution in [3.05, 3.63) is 43.0 Å². The van der Waals surface area contributed by atoms with Gasteiger partial charge >= 0.3 is 5.69 Å². The van der Waals surface area contributed by atoms with Crippen molar-refractivity contribution in [3.8, 4) is 0 Å². The molecule has 4 unspecified atom stereocenters. The van der Waals surface area contributed by atoms with Crippen molar-refractivity contribution in [1.29, 1.82) is 0 Å². The van der Waals surface area contributed by atoms with E-state index in [0.29, 0.717) is 0 Å². The zero-order valence-corrected chi connectivity index (χ0v) is 18.8. The summed E-state index contributed by atoms with van der Waals surface area (Å²) in [5, 5.41) is 3.49. The van der Waals surface area contributed by atoms with E-state index in [1.807, 2.05) is 0 Å². The molecule has 13 nitrogen and oxygen atoms in total. The van der Waals surface area contributed by atoms with Crippen LogP contribution >= 0.6 is 19.6 Å². The minimum absolute atomic E-state index is 0.0709. The lowest BCUT2D eigenvalue weighted by atomic mass is 10.1. The standard InChI is InChI=1S/C16H24N5O8PS/c1-9(2)15(23)31-5-4-27-30(25,26)28-8-12-11(19-20-17)6-13(29-12)21-7-10(3)14(22)18-16(21)24/h7,9,11-13H,4-6,8H2,1-3H3,(H,25,26)(H,18,22,24)/p-1. The van der Waals surface area contributed by atoms with Crippen molar-refractivity contribution in [1.82, 2.24) is 9.55 Å². The van der Waals surface area contributed by atoms with E-state index in [9.17, 15) is 23.8 Å². The number of aryl methyl sites for hydroxylation is 1. The number of ether oxygens (including phenoxy) is 1. The zero-order chi connectivity index (χ0) is 23.2. The molecule has 1 aromatic heterocycles. The molecule has 4 atom stereocenters. The number of nitrogens with one attached hydrogen (secondary N) is 1. The molecule has 2 rings (SSSR count). The fraction of sp³-hybridized carbons (Fsp3) is 0.688. The molecule has 0 aromatic carbocycles. The first kappa shape index (κ1) is 25.3. The molecule has 0 radical (unpaired) electrons. The van der Waals surface area contributed by atoms with Crippen LogP contribution in [0.3, 0.4) is 0 Å². The summed E-state index contributed by atoms with van der Waals surface area (Å²) in [4.78, 5) is 51.9. The molecular weight excluding hydrogens is 453 g/mol. The predicted octanol–water partition coefficient (Wildman–Crippen LogP) is 1.23. The number of H-pyrrole nitrogens is 1. The Labute approximate surface area is 181 Å². The fourth-order valence-corrected chi connectivity index (χ4v) is 4.23. The summed E-state index contributed by atoms with van der Waals surface area (Å²) in [7, 11) is -4.70. The zero-order valence-electron chi connectivity index (χ0n) is 17.1. The number of carbonyl (C=O) groups excluding carboxylic acids is 1. The maximum absolute atomic E-state index is 12.1. The molecule has 0 saturated carbocycles. The summed E-state index contributed by atoms with van der Waals surface area (Å²) < 4.78 is 28.3. The van der Waals surface area contributed by atoms with Gasteiger partial charge in [-0.25, -0.2) is 4.79 Å². The molecule has 1 N–H and O–H groups in total. The number of hydrogen-bond donors (Lipinski definition) is 1. The van der Waals surface area contributed by atoms with Gasteiger partial charge in [-0.3, -0.25) is 23.7 Å². The molecule has 31 heavy (non-hydrogen) atoms. The van der Waals surface area contributed by atoms with Gasteiger partial charge in [0.1, 0.15) is 6.23 Å². The number of rotatable bonds is 10. The molecular formula is C16H23N5O8PS-. The van der Waals surface area contributed by atoms with E-state index in [4.69, 9.17) is 19.3 Å². The van der Waals surface area contributed by atoms with Crippen LogP contribution in [0.4, 0.5) is 0 Å². The first-order chi connectivity index (χ1) is 14.5. The first-order valence-corrected chi connectivity index (χ1v) is 11.8. The van der Waals surface area contributed by atoms with Crippen molar-refractivity contribution in [2.75, 3.05) is 19.0 Å². The van der Waals surface area contributed by atoms with Gasteiger partial charge in [-0.15, -0.1) is 0 Å². The molecule has 1 aliphatic heterocycles. The normalized spacial score (nSPS) is 22.8. The van der Waals surface area contributed by atoms with E-state index in [-0.39, 0.29) is 35.4 Å². The van der Waals surface area contributed by atoms with Crippen LogP contribution in [0.5, 0.6) is 0 Å². The summed E-state index contributed by atoms with van der Waals surface area (Å²) in [6.07, 6.45) is -0.484. The van der Waals surface area contributed by atoms with Crippen LogP contribution in [0, 0.1) is 12.8 Å². The number of thioether (sulfide) groups is 1. The van der Waals surface area contributed by atoms with Crippen LogP contribution in [0.25, 0.3) is 10.4 Å². The summed E-state index contributed by atoms with van der Waals surface area (Å²) in [6, 6.07) is -0.812. The van der Waals surface area contributed by atoms with E-state index < -0.39 is 44.1 Å². The first-order valence-electron chi connectivity index (χ1n) is 9.32. The number of phosphoric ester groups is 1. The highest BCUT2D eigenvalue weighted by Crippen LogP contribution is 2.40. The molecule has 15 heteroatoms. The third-order valence-electron chi connectivity index (χ3n) is 4.31. The quantitative estimate of drug-likeness (QED) is 0.170. The highest BCUT2D eigenvalue weighted by molar-refractivity contribution is 8.13. The Balaban J connectivity index is 1.97. The van der Waals surface area contributed by atoms with E-state index in [2.05, 4.69) is 15.0 Å². The molecule has 1 aromatic rings. The van der Waals surface area contributed by atoms with Gasteiger partial charge in [0.05, 0.1) is 25.4 Å². The highest BCUT2D eigenvalue weighted by atomic mass is 32.2. The van der Waals surface area contributed by atoms with Gasteiger partial charge in [-0.1, -0.05) is 30.7 Å². The molecule has 172 valence electrons. The average molecular weight is 476 g/mol. The fourth-order valence-electron chi connectivity index (χ4n) is 2.68.